The van der Waals surface area contributed by atoms with E-state index in [0.717, 1.165) is 5.56 Å². The summed E-state index contributed by atoms with van der Waals surface area (Å²) in [5.74, 6) is 3.53. The van der Waals surface area contributed by atoms with Crippen LogP contribution in [0.1, 0.15) is 18.9 Å². The Kier molecular flexibility index (Phi) is 7.26. The molecule has 1 amide bonds. The van der Waals surface area contributed by atoms with Crippen LogP contribution in [0, 0.1) is 12.3 Å². The zero-order valence-corrected chi connectivity index (χ0v) is 14.7. The first kappa shape index (κ1) is 19.1. The third-order valence-electron chi connectivity index (χ3n) is 3.52. The Hall–Kier alpha value is -3.26. The van der Waals surface area contributed by atoms with Gasteiger partial charge in [-0.1, -0.05) is 18.1 Å². The summed E-state index contributed by atoms with van der Waals surface area (Å²) in [6, 6.07) is 14.3. The minimum atomic E-state index is -0.261. The van der Waals surface area contributed by atoms with Gasteiger partial charge in [0, 0.05) is 12.1 Å². The number of ketones is 1. The number of carbonyl (C=O) groups excluding carboxylic acids is 2. The molecule has 0 saturated carbocycles. The summed E-state index contributed by atoms with van der Waals surface area (Å²) in [6.45, 7) is 1.68. The quantitative estimate of drug-likeness (QED) is 0.705. The number of hydrogen-bond donors (Lipinski definition) is 1. The van der Waals surface area contributed by atoms with Crippen LogP contribution in [0.2, 0.25) is 0 Å². The molecule has 5 heteroatoms. The molecule has 26 heavy (non-hydrogen) atoms. The van der Waals surface area contributed by atoms with Gasteiger partial charge in [0.25, 0.3) is 5.91 Å². The Labute approximate surface area is 153 Å². The van der Waals surface area contributed by atoms with Crippen molar-refractivity contribution >= 4 is 17.4 Å². The first-order valence-corrected chi connectivity index (χ1v) is 8.24. The zero-order valence-electron chi connectivity index (χ0n) is 14.7. The molecule has 2 aromatic rings. The molecule has 134 valence electrons. The number of benzene rings is 2. The summed E-state index contributed by atoms with van der Waals surface area (Å²) >= 11 is 0. The summed E-state index contributed by atoms with van der Waals surface area (Å²) in [7, 11) is 0. The van der Waals surface area contributed by atoms with Crippen LogP contribution >= 0.6 is 0 Å². The molecule has 1 N–H and O–H groups in total. The topological polar surface area (TPSA) is 64.6 Å². The van der Waals surface area contributed by atoms with Gasteiger partial charge in [-0.2, -0.15) is 0 Å². The molecule has 0 aromatic heterocycles. The van der Waals surface area contributed by atoms with E-state index in [9.17, 15) is 9.59 Å². The number of carbonyl (C=O) groups is 2. The lowest BCUT2D eigenvalue weighted by molar-refractivity contribution is -0.118. The largest absolute Gasteiger partial charge is 0.484 e. The van der Waals surface area contributed by atoms with E-state index in [2.05, 4.69) is 11.2 Å². The molecule has 0 aliphatic heterocycles. The van der Waals surface area contributed by atoms with Crippen LogP contribution in [-0.2, 0) is 16.0 Å². The molecule has 0 atom stereocenters. The average molecular weight is 351 g/mol. The first-order chi connectivity index (χ1) is 12.6. The van der Waals surface area contributed by atoms with Gasteiger partial charge in [0.2, 0.25) is 0 Å². The number of Topliss-reactive ketones (excluding diaryl/α,β-unsaturated/α-hetero) is 1. The third-order valence-corrected chi connectivity index (χ3v) is 3.52. The van der Waals surface area contributed by atoms with Gasteiger partial charge in [0.1, 0.15) is 23.9 Å². The van der Waals surface area contributed by atoms with Gasteiger partial charge in [-0.3, -0.25) is 4.79 Å². The molecular weight excluding hydrogens is 330 g/mol. The van der Waals surface area contributed by atoms with Gasteiger partial charge >= 0.3 is 0 Å². The highest BCUT2D eigenvalue weighted by molar-refractivity contribution is 5.91. The van der Waals surface area contributed by atoms with Crippen molar-refractivity contribution in [2.24, 2.45) is 0 Å². The van der Waals surface area contributed by atoms with E-state index >= 15 is 0 Å². The first-order valence-electron chi connectivity index (χ1n) is 8.24. The maximum atomic E-state index is 12.0. The minimum absolute atomic E-state index is 0.0951. The highest BCUT2D eigenvalue weighted by Gasteiger charge is 2.05. The smallest absolute Gasteiger partial charge is 0.262 e. The molecule has 0 heterocycles. The predicted molar refractivity (Wildman–Crippen MR) is 100 cm³/mol. The van der Waals surface area contributed by atoms with Crippen LogP contribution in [0.3, 0.4) is 0 Å². The second kappa shape index (κ2) is 9.90. The molecular formula is C21H21NO4. The van der Waals surface area contributed by atoms with Crippen molar-refractivity contribution in [3.63, 3.8) is 0 Å². The Morgan fingerprint density at radius 3 is 2.23 bits per heavy atom. The van der Waals surface area contributed by atoms with E-state index in [1.165, 1.54) is 0 Å². The Morgan fingerprint density at radius 2 is 1.62 bits per heavy atom. The Bertz CT molecular complexity index is 773. The molecule has 2 aromatic carbocycles. The SMILES string of the molecule is C#CCOc1ccc(NC(=O)COc2ccc(CCC(C)=O)cc2)cc1. The Morgan fingerprint density at radius 1 is 1.00 bits per heavy atom. The molecule has 0 fully saturated rings. The molecule has 0 spiro atoms. The van der Waals surface area contributed by atoms with Gasteiger partial charge in [-0.05, 0) is 55.3 Å². The molecule has 0 bridgehead atoms. The predicted octanol–water partition coefficient (Wildman–Crippen LogP) is 3.24. The van der Waals surface area contributed by atoms with Crippen LogP contribution in [0.5, 0.6) is 11.5 Å². The van der Waals surface area contributed by atoms with E-state index in [1.807, 2.05) is 12.1 Å². The highest BCUT2D eigenvalue weighted by Crippen LogP contribution is 2.16. The standard InChI is InChI=1S/C21H21NO4/c1-3-14-25-19-12-8-18(9-13-19)22-21(24)15-26-20-10-6-17(7-11-20)5-4-16(2)23/h1,6-13H,4-5,14-15H2,2H3,(H,22,24). The molecule has 2 rings (SSSR count). The minimum Gasteiger partial charge on any atom is -0.484 e. The fourth-order valence-corrected chi connectivity index (χ4v) is 2.18. The van der Waals surface area contributed by atoms with Gasteiger partial charge in [0.05, 0.1) is 0 Å². The summed E-state index contributed by atoms with van der Waals surface area (Å²) in [6.07, 6.45) is 6.36. The van der Waals surface area contributed by atoms with E-state index in [0.29, 0.717) is 30.0 Å². The number of nitrogens with one attached hydrogen (secondary N) is 1. The fraction of sp³-hybridized carbons (Fsp3) is 0.238. The van der Waals surface area contributed by atoms with E-state index in [4.69, 9.17) is 15.9 Å². The lowest BCUT2D eigenvalue weighted by Crippen LogP contribution is -2.20. The summed E-state index contributed by atoms with van der Waals surface area (Å²) < 4.78 is 10.7. The number of terminal acetylenes is 1. The van der Waals surface area contributed by atoms with Gasteiger partial charge in [0.15, 0.2) is 6.61 Å². The second-order valence-electron chi connectivity index (χ2n) is 5.70. The molecule has 0 unspecified atom stereocenters. The number of hydrogen-bond acceptors (Lipinski definition) is 4. The number of anilines is 1. The highest BCUT2D eigenvalue weighted by atomic mass is 16.5. The Balaban J connectivity index is 1.77. The van der Waals surface area contributed by atoms with Crippen LogP contribution in [-0.4, -0.2) is 24.9 Å². The van der Waals surface area contributed by atoms with E-state index in [-0.39, 0.29) is 24.9 Å². The number of amides is 1. The molecule has 0 saturated heterocycles. The molecule has 5 nitrogen and oxygen atoms in total. The number of aryl methyl sites for hydroxylation is 1. The number of ether oxygens (including phenoxy) is 2. The van der Waals surface area contributed by atoms with Crippen molar-refractivity contribution in [2.45, 2.75) is 19.8 Å². The maximum absolute atomic E-state index is 12.0. The van der Waals surface area contributed by atoms with Gasteiger partial charge < -0.3 is 19.6 Å². The molecule has 0 aliphatic rings. The lowest BCUT2D eigenvalue weighted by Gasteiger charge is -2.09. The van der Waals surface area contributed by atoms with Crippen molar-refractivity contribution < 1.29 is 19.1 Å². The van der Waals surface area contributed by atoms with Crippen molar-refractivity contribution in [3.05, 3.63) is 54.1 Å². The molecule has 0 aliphatic carbocycles. The van der Waals surface area contributed by atoms with Crippen molar-refractivity contribution in [2.75, 3.05) is 18.5 Å². The van der Waals surface area contributed by atoms with Crippen LogP contribution in [0.25, 0.3) is 0 Å². The van der Waals surface area contributed by atoms with E-state index in [1.54, 1.807) is 43.3 Å². The third kappa shape index (κ3) is 6.70. The summed E-state index contributed by atoms with van der Waals surface area (Å²) in [5, 5.41) is 2.74. The normalized spacial score (nSPS) is 9.85. The maximum Gasteiger partial charge on any atom is 0.262 e. The zero-order chi connectivity index (χ0) is 18.8. The average Bonchev–Trinajstić information content (AvgIpc) is 2.65. The van der Waals surface area contributed by atoms with Crippen LogP contribution < -0.4 is 14.8 Å². The summed E-state index contributed by atoms with van der Waals surface area (Å²) in [5.41, 5.74) is 1.70. The summed E-state index contributed by atoms with van der Waals surface area (Å²) in [4.78, 5) is 22.9. The second-order valence-corrected chi connectivity index (χ2v) is 5.70. The van der Waals surface area contributed by atoms with Crippen LogP contribution in [0.4, 0.5) is 5.69 Å². The van der Waals surface area contributed by atoms with Gasteiger partial charge in [-0.15, -0.1) is 6.42 Å². The fourth-order valence-electron chi connectivity index (χ4n) is 2.18. The lowest BCUT2D eigenvalue weighted by atomic mass is 10.1. The van der Waals surface area contributed by atoms with Crippen molar-refractivity contribution in [1.82, 2.24) is 0 Å². The van der Waals surface area contributed by atoms with Crippen LogP contribution in [0.15, 0.2) is 48.5 Å². The van der Waals surface area contributed by atoms with E-state index < -0.39 is 0 Å². The van der Waals surface area contributed by atoms with Gasteiger partial charge in [-0.25, -0.2) is 0 Å². The monoisotopic (exact) mass is 351 g/mol. The molecule has 0 radical (unpaired) electrons. The number of rotatable bonds is 9. The van der Waals surface area contributed by atoms with Crippen molar-refractivity contribution in [1.29, 1.82) is 0 Å². The van der Waals surface area contributed by atoms with Crippen molar-refractivity contribution in [3.8, 4) is 23.8 Å².